The third kappa shape index (κ3) is 3.78. The van der Waals surface area contributed by atoms with E-state index in [9.17, 15) is 13.6 Å². The molecule has 2 aliphatic rings. The molecule has 1 saturated heterocycles. The molecule has 0 aliphatic carbocycles. The average molecular weight is 489 g/mol. The molecule has 0 saturated carbocycles. The molecule has 6 nitrogen and oxygen atoms in total. The number of anilines is 2. The number of hydrogen-bond acceptors (Lipinski definition) is 4. The van der Waals surface area contributed by atoms with Crippen LogP contribution in [0.25, 0.3) is 22.2 Å². The molecule has 2 aliphatic heterocycles. The van der Waals surface area contributed by atoms with Gasteiger partial charge < -0.3 is 19.9 Å². The summed E-state index contributed by atoms with van der Waals surface area (Å²) >= 11 is 0. The number of halogens is 2. The predicted octanol–water partition coefficient (Wildman–Crippen LogP) is 5.57. The molecule has 0 radical (unpaired) electrons. The lowest BCUT2D eigenvalue weighted by Crippen LogP contribution is -2.37. The zero-order valence-electron chi connectivity index (χ0n) is 20.0. The summed E-state index contributed by atoms with van der Waals surface area (Å²) in [6, 6.07) is 22.9. The topological polar surface area (TPSA) is 58.5 Å². The fourth-order valence-corrected chi connectivity index (χ4v) is 5.27. The third-order valence-electron chi connectivity index (χ3n) is 7.02. The van der Waals surface area contributed by atoms with E-state index in [1.807, 2.05) is 73.8 Å². The van der Waals surface area contributed by atoms with Crippen LogP contribution >= 0.6 is 0 Å². The van der Waals surface area contributed by atoms with E-state index >= 15 is 0 Å². The van der Waals surface area contributed by atoms with Gasteiger partial charge in [-0.05, 0) is 43.4 Å². The lowest BCUT2D eigenvalue weighted by molar-refractivity contribution is -0.120. The first-order valence-corrected chi connectivity index (χ1v) is 11.9. The average Bonchev–Trinajstić information content (AvgIpc) is 3.39. The largest absolute Gasteiger partial charge is 0.465 e. The molecule has 1 fully saturated rings. The van der Waals surface area contributed by atoms with Crippen LogP contribution in [0.15, 0.2) is 72.8 Å². The van der Waals surface area contributed by atoms with E-state index in [2.05, 4.69) is 21.3 Å². The molecule has 2 unspecified atom stereocenters. The highest BCUT2D eigenvalue weighted by Gasteiger charge is 2.46. The van der Waals surface area contributed by atoms with Crippen molar-refractivity contribution in [3.8, 4) is 17.0 Å². The first kappa shape index (κ1) is 22.5. The highest BCUT2D eigenvalue weighted by Crippen LogP contribution is 2.45. The molecule has 184 valence electrons. The molecule has 6 rings (SSSR count). The number of carbonyl (C=O) groups is 1. The summed E-state index contributed by atoms with van der Waals surface area (Å²) in [6.07, 6.45) is -0.840. The van der Waals surface area contributed by atoms with Crippen molar-refractivity contribution in [2.75, 3.05) is 31.3 Å². The van der Waals surface area contributed by atoms with Gasteiger partial charge in [-0.2, -0.15) is 0 Å². The van der Waals surface area contributed by atoms with E-state index in [0.717, 1.165) is 39.2 Å². The van der Waals surface area contributed by atoms with Gasteiger partial charge in [0, 0.05) is 47.4 Å². The van der Waals surface area contributed by atoms with E-state index in [1.54, 1.807) is 7.05 Å². The Morgan fingerprint density at radius 3 is 2.53 bits per heavy atom. The fourth-order valence-electron chi connectivity index (χ4n) is 5.27. The van der Waals surface area contributed by atoms with Crippen LogP contribution in [0, 0.1) is 0 Å². The summed E-state index contributed by atoms with van der Waals surface area (Å²) in [5, 5.41) is 6.92. The van der Waals surface area contributed by atoms with Gasteiger partial charge in [-0.25, -0.2) is 8.78 Å². The Balaban J connectivity index is 1.40. The minimum atomic E-state index is -2.85. The van der Waals surface area contributed by atoms with Gasteiger partial charge in [0.1, 0.15) is 5.75 Å². The molecule has 3 heterocycles. The summed E-state index contributed by atoms with van der Waals surface area (Å²) in [7, 11) is 3.42. The Morgan fingerprint density at radius 1 is 1.03 bits per heavy atom. The van der Waals surface area contributed by atoms with Crippen molar-refractivity contribution in [3.05, 3.63) is 78.4 Å². The van der Waals surface area contributed by atoms with Gasteiger partial charge in [-0.3, -0.25) is 9.69 Å². The maximum atomic E-state index is 13.8. The van der Waals surface area contributed by atoms with Crippen LogP contribution in [-0.2, 0) is 4.79 Å². The molecular weight excluding hydrogens is 462 g/mol. The predicted molar refractivity (Wildman–Crippen MR) is 137 cm³/mol. The zero-order valence-corrected chi connectivity index (χ0v) is 20.0. The molecule has 1 aromatic heterocycles. The maximum absolute atomic E-state index is 13.8. The van der Waals surface area contributed by atoms with Gasteiger partial charge in [0.2, 0.25) is 12.1 Å². The number of likely N-dealkylation sites (N-methyl/N-ethyl adjacent to an activating group) is 1. The number of aromatic nitrogens is 1. The van der Waals surface area contributed by atoms with Gasteiger partial charge in [0.25, 0.3) is 5.92 Å². The number of fused-ring (bicyclic) bond motifs is 5. The van der Waals surface area contributed by atoms with Crippen LogP contribution in [0.5, 0.6) is 5.75 Å². The van der Waals surface area contributed by atoms with Crippen molar-refractivity contribution < 1.29 is 18.3 Å². The van der Waals surface area contributed by atoms with Crippen LogP contribution in [0.2, 0.25) is 0 Å². The Labute approximate surface area is 207 Å². The lowest BCUT2D eigenvalue weighted by atomic mass is 10.1. The van der Waals surface area contributed by atoms with E-state index in [4.69, 9.17) is 4.74 Å². The number of ether oxygens (including phenoxy) is 1. The monoisotopic (exact) mass is 488 g/mol. The standard InChI is InChI=1S/C28H26F2N4O2/c1-31-19-8-10-21-23-13-18-12-20(32-26(35)24-15-28(29,30)16-33(24)2)9-11-22(18)34(23)27(36-25(21)14-19)17-6-4-3-5-7-17/h3-14,24,27,31H,15-16H2,1-2H3,(H,32,35). The van der Waals surface area contributed by atoms with Crippen molar-refractivity contribution >= 4 is 28.2 Å². The minimum absolute atomic E-state index is 0.367. The molecule has 0 bridgehead atoms. The summed E-state index contributed by atoms with van der Waals surface area (Å²) < 4.78 is 36.3. The normalized spacial score (nSPS) is 20.4. The quantitative estimate of drug-likeness (QED) is 0.395. The molecule has 4 aromatic rings. The second kappa shape index (κ2) is 8.34. The molecule has 0 spiro atoms. The van der Waals surface area contributed by atoms with Gasteiger partial charge in [-0.1, -0.05) is 30.3 Å². The van der Waals surface area contributed by atoms with Crippen LogP contribution in [0.4, 0.5) is 20.2 Å². The molecule has 2 atom stereocenters. The summed E-state index contributed by atoms with van der Waals surface area (Å²) in [5.41, 5.74) is 5.46. The number of nitrogens with one attached hydrogen (secondary N) is 2. The number of hydrogen-bond donors (Lipinski definition) is 2. The van der Waals surface area contributed by atoms with Crippen molar-refractivity contribution in [3.63, 3.8) is 0 Å². The van der Waals surface area contributed by atoms with Crippen LogP contribution in [0.1, 0.15) is 18.2 Å². The molecule has 3 aromatic carbocycles. The van der Waals surface area contributed by atoms with Crippen molar-refractivity contribution in [1.82, 2.24) is 9.47 Å². The number of nitrogens with zero attached hydrogens (tertiary/aromatic N) is 2. The Kier molecular flexibility index (Phi) is 5.22. The molecule has 36 heavy (non-hydrogen) atoms. The zero-order chi connectivity index (χ0) is 25.0. The summed E-state index contributed by atoms with van der Waals surface area (Å²) in [4.78, 5) is 14.2. The lowest BCUT2D eigenvalue weighted by Gasteiger charge is -2.30. The van der Waals surface area contributed by atoms with Gasteiger partial charge in [0.15, 0.2) is 0 Å². The number of carbonyl (C=O) groups excluding carboxylic acids is 1. The summed E-state index contributed by atoms with van der Waals surface area (Å²) in [6.45, 7) is -0.411. The van der Waals surface area contributed by atoms with Crippen LogP contribution in [-0.4, -0.2) is 48.0 Å². The maximum Gasteiger partial charge on any atom is 0.262 e. The Hall–Kier alpha value is -3.91. The smallest absolute Gasteiger partial charge is 0.262 e. The number of benzene rings is 3. The molecule has 8 heteroatoms. The van der Waals surface area contributed by atoms with Crippen molar-refractivity contribution in [2.24, 2.45) is 0 Å². The SMILES string of the molecule is CNc1ccc2c(c1)OC(c1ccccc1)n1c-2cc2cc(NC(=O)C3CC(F)(F)CN3C)ccc21. The second-order valence-corrected chi connectivity index (χ2v) is 9.50. The number of amides is 1. The highest BCUT2D eigenvalue weighted by atomic mass is 19.3. The first-order chi connectivity index (χ1) is 17.3. The fraction of sp³-hybridized carbons (Fsp3) is 0.250. The molecule has 2 N–H and O–H groups in total. The van der Waals surface area contributed by atoms with E-state index < -0.39 is 30.8 Å². The van der Waals surface area contributed by atoms with Gasteiger partial charge >= 0.3 is 0 Å². The van der Waals surface area contributed by atoms with Crippen LogP contribution in [0.3, 0.4) is 0 Å². The van der Waals surface area contributed by atoms with Crippen molar-refractivity contribution in [1.29, 1.82) is 0 Å². The molecular formula is C28H26F2N4O2. The highest BCUT2D eigenvalue weighted by molar-refractivity contribution is 5.98. The second-order valence-electron chi connectivity index (χ2n) is 9.50. The van der Waals surface area contributed by atoms with Crippen molar-refractivity contribution in [2.45, 2.75) is 24.6 Å². The van der Waals surface area contributed by atoms with E-state index in [1.165, 1.54) is 4.90 Å². The van der Waals surface area contributed by atoms with E-state index in [-0.39, 0.29) is 6.23 Å². The van der Waals surface area contributed by atoms with Gasteiger partial charge in [-0.15, -0.1) is 0 Å². The number of rotatable bonds is 4. The number of alkyl halides is 2. The molecule has 1 amide bonds. The van der Waals surface area contributed by atoms with E-state index in [0.29, 0.717) is 5.69 Å². The van der Waals surface area contributed by atoms with Crippen LogP contribution < -0.4 is 15.4 Å². The Morgan fingerprint density at radius 2 is 1.81 bits per heavy atom. The Bertz CT molecular complexity index is 1470. The third-order valence-corrected chi connectivity index (χ3v) is 7.02. The first-order valence-electron chi connectivity index (χ1n) is 11.9. The summed E-state index contributed by atoms with van der Waals surface area (Å²) in [5.74, 6) is -2.49. The number of likely N-dealkylation sites (tertiary alicyclic amines) is 1. The van der Waals surface area contributed by atoms with Gasteiger partial charge in [0.05, 0.1) is 23.8 Å². The minimum Gasteiger partial charge on any atom is -0.465 e.